The molecular formula is C30H45NO8. The summed E-state index contributed by atoms with van der Waals surface area (Å²) in [5, 5.41) is 9.33. The zero-order valence-corrected chi connectivity index (χ0v) is 24.6. The summed E-state index contributed by atoms with van der Waals surface area (Å²) in [6.07, 6.45) is 6.81. The second kappa shape index (κ2) is 11.5. The number of esters is 4. The average molecular weight is 548 g/mol. The van der Waals surface area contributed by atoms with Crippen molar-refractivity contribution < 1.29 is 38.1 Å². The first-order valence-electron chi connectivity index (χ1n) is 14.4. The van der Waals surface area contributed by atoms with E-state index in [1.54, 1.807) is 13.8 Å². The SMILES string of the molecule is CCC(C)(C)C(=O)OCC(=O)OC1C2CC3C1OC(=O)C3(C#N)C2.CCC1(OC(=O)C(C)(C)CC)CCCC1. The minimum absolute atomic E-state index is 0.0197. The lowest BCUT2D eigenvalue weighted by Crippen LogP contribution is -2.40. The van der Waals surface area contributed by atoms with Gasteiger partial charge in [-0.05, 0) is 85.5 Å². The number of hydrogen-bond donors (Lipinski definition) is 0. The van der Waals surface area contributed by atoms with Crippen LogP contribution < -0.4 is 0 Å². The number of ether oxygens (including phenoxy) is 4. The van der Waals surface area contributed by atoms with Crippen LogP contribution in [0.4, 0.5) is 0 Å². The van der Waals surface area contributed by atoms with Crippen LogP contribution in [0.1, 0.15) is 106 Å². The highest BCUT2D eigenvalue weighted by Gasteiger charge is 2.72. The molecule has 5 unspecified atom stereocenters. The summed E-state index contributed by atoms with van der Waals surface area (Å²) in [6.45, 7) is 13.0. The van der Waals surface area contributed by atoms with E-state index in [1.807, 2.05) is 27.7 Å². The second-order valence-corrected chi connectivity index (χ2v) is 12.9. The Hall–Kier alpha value is -2.63. The standard InChI is InChI=1S/C17H21NO6.C13H24O2/c1-4-16(2,3)14(20)22-7-11(19)23-12-9-5-10-13(12)24-15(21)17(10,6-9)8-18;1-5-12(3,4)11(14)15-13(6-2)9-7-8-10-13/h9-10,12-13H,4-7H2,1-3H3;5-10H2,1-4H3. The molecular weight excluding hydrogens is 502 g/mol. The van der Waals surface area contributed by atoms with Gasteiger partial charge in [-0.15, -0.1) is 0 Å². The van der Waals surface area contributed by atoms with Crippen molar-refractivity contribution in [3.05, 3.63) is 0 Å². The Morgan fingerprint density at radius 2 is 1.62 bits per heavy atom. The molecule has 4 fully saturated rings. The molecule has 4 rings (SSSR count). The zero-order chi connectivity index (χ0) is 29.2. The average Bonchev–Trinajstić information content (AvgIpc) is 3.65. The van der Waals surface area contributed by atoms with Crippen molar-refractivity contribution in [2.24, 2.45) is 28.1 Å². The second-order valence-electron chi connectivity index (χ2n) is 12.9. The summed E-state index contributed by atoms with van der Waals surface area (Å²) in [5.74, 6) is -1.90. The quantitative estimate of drug-likeness (QED) is 0.288. The van der Waals surface area contributed by atoms with E-state index in [4.69, 9.17) is 18.9 Å². The monoisotopic (exact) mass is 547 g/mol. The maximum absolute atomic E-state index is 12.0. The molecule has 1 heterocycles. The predicted octanol–water partition coefficient (Wildman–Crippen LogP) is 5.04. The third-order valence-electron chi connectivity index (χ3n) is 9.70. The molecule has 0 spiro atoms. The van der Waals surface area contributed by atoms with Gasteiger partial charge in [-0.2, -0.15) is 5.26 Å². The van der Waals surface area contributed by atoms with Gasteiger partial charge in [-0.1, -0.05) is 20.8 Å². The Kier molecular flexibility index (Phi) is 9.08. The molecule has 9 heteroatoms. The van der Waals surface area contributed by atoms with Crippen molar-refractivity contribution in [1.82, 2.24) is 0 Å². The van der Waals surface area contributed by atoms with Crippen LogP contribution >= 0.6 is 0 Å². The molecule has 2 bridgehead atoms. The van der Waals surface area contributed by atoms with Gasteiger partial charge in [-0.3, -0.25) is 14.4 Å². The Labute approximate surface area is 232 Å². The van der Waals surface area contributed by atoms with Crippen molar-refractivity contribution in [2.75, 3.05) is 6.61 Å². The molecule has 0 radical (unpaired) electrons. The first-order chi connectivity index (χ1) is 18.2. The number of rotatable bonds is 9. The van der Waals surface area contributed by atoms with E-state index in [1.165, 1.54) is 12.8 Å². The summed E-state index contributed by atoms with van der Waals surface area (Å²) in [4.78, 5) is 47.9. The Morgan fingerprint density at radius 3 is 2.15 bits per heavy atom. The lowest BCUT2D eigenvalue weighted by atomic mass is 9.75. The molecule has 3 saturated carbocycles. The molecule has 0 aromatic heterocycles. The first kappa shape index (κ1) is 30.9. The van der Waals surface area contributed by atoms with E-state index in [2.05, 4.69) is 13.0 Å². The minimum atomic E-state index is -1.06. The van der Waals surface area contributed by atoms with Gasteiger partial charge >= 0.3 is 23.9 Å². The number of fused-ring (bicyclic) bond motifs is 1. The Balaban J connectivity index is 0.000000242. The number of nitriles is 1. The van der Waals surface area contributed by atoms with Gasteiger partial charge in [0.15, 0.2) is 12.0 Å². The highest BCUT2D eigenvalue weighted by Crippen LogP contribution is 2.62. The van der Waals surface area contributed by atoms with Gasteiger partial charge in [0.05, 0.1) is 16.9 Å². The van der Waals surface area contributed by atoms with E-state index >= 15 is 0 Å². The van der Waals surface area contributed by atoms with Crippen LogP contribution in [0.2, 0.25) is 0 Å². The van der Waals surface area contributed by atoms with Crippen molar-refractivity contribution in [3.63, 3.8) is 0 Å². The molecule has 4 aliphatic rings. The van der Waals surface area contributed by atoms with Crippen LogP contribution in [0, 0.1) is 39.4 Å². The van der Waals surface area contributed by atoms with Gasteiger partial charge < -0.3 is 18.9 Å². The fourth-order valence-electron chi connectivity index (χ4n) is 5.96. The maximum Gasteiger partial charge on any atom is 0.344 e. The van der Waals surface area contributed by atoms with E-state index in [-0.39, 0.29) is 28.8 Å². The molecule has 9 nitrogen and oxygen atoms in total. The van der Waals surface area contributed by atoms with Crippen molar-refractivity contribution in [1.29, 1.82) is 5.26 Å². The van der Waals surface area contributed by atoms with Crippen LogP contribution in [-0.2, 0) is 38.1 Å². The molecule has 0 aromatic rings. The summed E-state index contributed by atoms with van der Waals surface area (Å²) in [7, 11) is 0. The number of nitrogens with zero attached hydrogens (tertiary/aromatic N) is 1. The molecule has 0 amide bonds. The normalized spacial score (nSPS) is 30.1. The predicted molar refractivity (Wildman–Crippen MR) is 141 cm³/mol. The molecule has 5 atom stereocenters. The largest absolute Gasteiger partial charge is 0.459 e. The van der Waals surface area contributed by atoms with Crippen molar-refractivity contribution >= 4 is 23.9 Å². The molecule has 3 aliphatic carbocycles. The summed E-state index contributed by atoms with van der Waals surface area (Å²) in [5.41, 5.74) is -2.18. The fraction of sp³-hybridized carbons (Fsp3) is 0.833. The molecule has 1 aliphatic heterocycles. The van der Waals surface area contributed by atoms with Crippen LogP contribution in [0.3, 0.4) is 0 Å². The highest BCUT2D eigenvalue weighted by molar-refractivity contribution is 5.85. The topological polar surface area (TPSA) is 129 Å². The van der Waals surface area contributed by atoms with Crippen molar-refractivity contribution in [3.8, 4) is 6.07 Å². The van der Waals surface area contributed by atoms with Crippen LogP contribution in [0.5, 0.6) is 0 Å². The minimum Gasteiger partial charge on any atom is -0.459 e. The lowest BCUT2D eigenvalue weighted by molar-refractivity contribution is -0.172. The third-order valence-corrected chi connectivity index (χ3v) is 9.70. The Bertz CT molecular complexity index is 1000. The van der Waals surface area contributed by atoms with E-state index in [9.17, 15) is 24.4 Å². The summed E-state index contributed by atoms with van der Waals surface area (Å²) >= 11 is 0. The van der Waals surface area contributed by atoms with Crippen LogP contribution in [0.15, 0.2) is 0 Å². The highest BCUT2D eigenvalue weighted by atomic mass is 16.6. The maximum atomic E-state index is 12.0. The van der Waals surface area contributed by atoms with Gasteiger partial charge in [0.2, 0.25) is 0 Å². The zero-order valence-electron chi connectivity index (χ0n) is 24.6. The number of carbonyl (C=O) groups is 4. The van der Waals surface area contributed by atoms with E-state index < -0.39 is 47.6 Å². The molecule has 1 saturated heterocycles. The van der Waals surface area contributed by atoms with Gasteiger partial charge in [0.25, 0.3) is 0 Å². The molecule has 0 N–H and O–H groups in total. The molecule has 0 aromatic carbocycles. The smallest absolute Gasteiger partial charge is 0.344 e. The summed E-state index contributed by atoms with van der Waals surface area (Å²) < 4.78 is 21.5. The first-order valence-corrected chi connectivity index (χ1v) is 14.4. The van der Waals surface area contributed by atoms with Crippen LogP contribution in [0.25, 0.3) is 0 Å². The van der Waals surface area contributed by atoms with Gasteiger partial charge in [0.1, 0.15) is 17.8 Å². The lowest BCUT2D eigenvalue weighted by Gasteiger charge is -2.32. The number of hydrogen-bond acceptors (Lipinski definition) is 9. The molecule has 39 heavy (non-hydrogen) atoms. The number of carbonyl (C=O) groups excluding carboxylic acids is 4. The third kappa shape index (κ3) is 5.95. The van der Waals surface area contributed by atoms with Crippen molar-refractivity contribution in [2.45, 2.75) is 124 Å². The van der Waals surface area contributed by atoms with E-state index in [0.717, 1.165) is 25.7 Å². The van der Waals surface area contributed by atoms with Gasteiger partial charge in [0, 0.05) is 11.8 Å². The Morgan fingerprint density at radius 1 is 1.03 bits per heavy atom. The summed E-state index contributed by atoms with van der Waals surface area (Å²) in [6, 6.07) is 2.10. The molecule has 218 valence electrons. The van der Waals surface area contributed by atoms with E-state index in [0.29, 0.717) is 19.3 Å². The van der Waals surface area contributed by atoms with Crippen LogP contribution in [-0.4, -0.2) is 48.3 Å². The van der Waals surface area contributed by atoms with Gasteiger partial charge in [-0.25, -0.2) is 4.79 Å². The fourth-order valence-corrected chi connectivity index (χ4v) is 5.96.